The van der Waals surface area contributed by atoms with Gasteiger partial charge in [0, 0.05) is 36.3 Å². The van der Waals surface area contributed by atoms with Crippen molar-refractivity contribution in [2.75, 3.05) is 13.2 Å². The van der Waals surface area contributed by atoms with Crippen molar-refractivity contribution >= 4 is 5.91 Å². The number of hydrogen-bond acceptors (Lipinski definition) is 3. The Bertz CT molecular complexity index is 1030. The fraction of sp³-hybridized carbons (Fsp3) is 0.238. The van der Waals surface area contributed by atoms with Gasteiger partial charge in [-0.15, -0.1) is 0 Å². The van der Waals surface area contributed by atoms with E-state index >= 15 is 0 Å². The number of para-hydroxylation sites is 1. The highest BCUT2D eigenvalue weighted by Gasteiger charge is 2.28. The molecular weight excluding hydrogens is 364 g/mol. The maximum atomic E-state index is 13.7. The molecule has 2 heterocycles. The first-order chi connectivity index (χ1) is 13.6. The molecule has 5 nitrogen and oxygen atoms in total. The topological polar surface area (TPSA) is 58.2 Å². The highest BCUT2D eigenvalue weighted by atomic mass is 19.2. The molecule has 1 N–H and O–H groups in total. The molecule has 7 heteroatoms. The molecule has 1 aliphatic heterocycles. The SMILES string of the molecule is CCOc1ccccc1C(=O)N1CCc2[nH]nc(-c3ccc(F)c(F)c3)c2C1. The van der Waals surface area contributed by atoms with Crippen LogP contribution in [0.3, 0.4) is 0 Å². The number of ether oxygens (including phenoxy) is 1. The summed E-state index contributed by atoms with van der Waals surface area (Å²) in [6.07, 6.45) is 0.606. The molecule has 1 amide bonds. The van der Waals surface area contributed by atoms with Crippen molar-refractivity contribution in [1.82, 2.24) is 15.1 Å². The first kappa shape index (κ1) is 18.2. The molecule has 0 saturated heterocycles. The summed E-state index contributed by atoms with van der Waals surface area (Å²) in [6, 6.07) is 10.8. The second kappa shape index (κ2) is 7.42. The number of rotatable bonds is 4. The number of halogens is 2. The lowest BCUT2D eigenvalue weighted by Gasteiger charge is -2.28. The molecule has 0 atom stereocenters. The Morgan fingerprint density at radius 1 is 1.21 bits per heavy atom. The number of nitrogens with zero attached hydrogens (tertiary/aromatic N) is 2. The number of nitrogens with one attached hydrogen (secondary N) is 1. The summed E-state index contributed by atoms with van der Waals surface area (Å²) in [5.41, 5.74) is 3.23. The van der Waals surface area contributed by atoms with Crippen LogP contribution in [0.4, 0.5) is 8.78 Å². The van der Waals surface area contributed by atoms with E-state index in [1.54, 1.807) is 23.1 Å². The van der Waals surface area contributed by atoms with Gasteiger partial charge in [0.25, 0.3) is 5.91 Å². The minimum absolute atomic E-state index is 0.132. The van der Waals surface area contributed by atoms with E-state index in [0.29, 0.717) is 48.7 Å². The maximum Gasteiger partial charge on any atom is 0.257 e. The van der Waals surface area contributed by atoms with Crippen molar-refractivity contribution in [1.29, 1.82) is 0 Å². The summed E-state index contributed by atoms with van der Waals surface area (Å²) in [6.45, 7) is 3.20. The first-order valence-corrected chi connectivity index (χ1v) is 9.11. The molecule has 0 fully saturated rings. The van der Waals surface area contributed by atoms with E-state index in [1.807, 2.05) is 13.0 Å². The molecular formula is C21H19F2N3O2. The number of benzene rings is 2. The number of amides is 1. The van der Waals surface area contributed by atoms with Crippen LogP contribution in [0.25, 0.3) is 11.3 Å². The monoisotopic (exact) mass is 383 g/mol. The predicted octanol–water partition coefficient (Wildman–Crippen LogP) is 3.95. The highest BCUT2D eigenvalue weighted by Crippen LogP contribution is 2.30. The van der Waals surface area contributed by atoms with Crippen molar-refractivity contribution in [3.05, 3.63) is 70.9 Å². The predicted molar refractivity (Wildman–Crippen MR) is 100.0 cm³/mol. The molecule has 0 saturated carbocycles. The number of aromatic amines is 1. The van der Waals surface area contributed by atoms with Crippen LogP contribution in [0.1, 0.15) is 28.5 Å². The Morgan fingerprint density at radius 3 is 2.82 bits per heavy atom. The van der Waals surface area contributed by atoms with Crippen LogP contribution in [0, 0.1) is 11.6 Å². The zero-order valence-electron chi connectivity index (χ0n) is 15.3. The molecule has 1 aromatic heterocycles. The smallest absolute Gasteiger partial charge is 0.257 e. The molecule has 0 radical (unpaired) electrons. The van der Waals surface area contributed by atoms with E-state index in [1.165, 1.54) is 6.07 Å². The number of fused-ring (bicyclic) bond motifs is 1. The van der Waals surface area contributed by atoms with Gasteiger partial charge in [-0.25, -0.2) is 8.78 Å². The molecule has 28 heavy (non-hydrogen) atoms. The number of hydrogen-bond donors (Lipinski definition) is 1. The van der Waals surface area contributed by atoms with Gasteiger partial charge in [0.1, 0.15) is 5.75 Å². The van der Waals surface area contributed by atoms with Gasteiger partial charge in [-0.2, -0.15) is 5.10 Å². The number of aromatic nitrogens is 2. The standard InChI is InChI=1S/C21H19F2N3O2/c1-2-28-19-6-4-3-5-14(19)21(27)26-10-9-18-15(12-26)20(25-24-18)13-7-8-16(22)17(23)11-13/h3-8,11H,2,9-10,12H2,1H3,(H,24,25). The summed E-state index contributed by atoms with van der Waals surface area (Å²) in [4.78, 5) is 14.8. The van der Waals surface area contributed by atoms with Crippen LogP contribution in [0.2, 0.25) is 0 Å². The van der Waals surface area contributed by atoms with Gasteiger partial charge in [-0.05, 0) is 37.3 Å². The van der Waals surface area contributed by atoms with Gasteiger partial charge in [-0.3, -0.25) is 9.89 Å². The Morgan fingerprint density at radius 2 is 2.04 bits per heavy atom. The molecule has 1 aliphatic rings. The van der Waals surface area contributed by atoms with Gasteiger partial charge >= 0.3 is 0 Å². The number of carbonyl (C=O) groups excluding carboxylic acids is 1. The van der Waals surface area contributed by atoms with Crippen molar-refractivity contribution in [2.24, 2.45) is 0 Å². The quantitative estimate of drug-likeness (QED) is 0.742. The zero-order chi connectivity index (χ0) is 19.7. The van der Waals surface area contributed by atoms with Crippen LogP contribution in [0.15, 0.2) is 42.5 Å². The highest BCUT2D eigenvalue weighted by molar-refractivity contribution is 5.97. The van der Waals surface area contributed by atoms with Crippen molar-refractivity contribution in [3.63, 3.8) is 0 Å². The lowest BCUT2D eigenvalue weighted by atomic mass is 10.00. The molecule has 144 valence electrons. The lowest BCUT2D eigenvalue weighted by molar-refractivity contribution is 0.0730. The van der Waals surface area contributed by atoms with Crippen molar-refractivity contribution in [3.8, 4) is 17.0 Å². The number of H-pyrrole nitrogens is 1. The molecule has 4 rings (SSSR count). The third kappa shape index (κ3) is 3.24. The minimum atomic E-state index is -0.927. The van der Waals surface area contributed by atoms with Gasteiger partial charge in [0.05, 0.1) is 17.9 Å². The summed E-state index contributed by atoms with van der Waals surface area (Å²) in [5, 5.41) is 7.24. The second-order valence-corrected chi connectivity index (χ2v) is 6.56. The second-order valence-electron chi connectivity index (χ2n) is 6.56. The summed E-state index contributed by atoms with van der Waals surface area (Å²) in [7, 11) is 0. The average Bonchev–Trinajstić information content (AvgIpc) is 3.13. The van der Waals surface area contributed by atoms with E-state index in [-0.39, 0.29) is 5.91 Å². The molecule has 0 bridgehead atoms. The van der Waals surface area contributed by atoms with Crippen LogP contribution in [-0.2, 0) is 13.0 Å². The first-order valence-electron chi connectivity index (χ1n) is 9.11. The third-order valence-electron chi connectivity index (χ3n) is 4.83. The Balaban J connectivity index is 1.64. The van der Waals surface area contributed by atoms with Gasteiger partial charge in [0.15, 0.2) is 11.6 Å². The largest absolute Gasteiger partial charge is 0.493 e. The van der Waals surface area contributed by atoms with E-state index in [2.05, 4.69) is 10.2 Å². The molecule has 3 aromatic rings. The lowest BCUT2D eigenvalue weighted by Crippen LogP contribution is -2.36. The molecule has 0 aliphatic carbocycles. The van der Waals surface area contributed by atoms with E-state index < -0.39 is 11.6 Å². The Hall–Kier alpha value is -3.22. The van der Waals surface area contributed by atoms with Crippen LogP contribution < -0.4 is 4.74 Å². The minimum Gasteiger partial charge on any atom is -0.493 e. The molecule has 0 unspecified atom stereocenters. The van der Waals surface area contributed by atoms with E-state index in [9.17, 15) is 13.6 Å². The van der Waals surface area contributed by atoms with E-state index in [4.69, 9.17) is 4.74 Å². The van der Waals surface area contributed by atoms with Gasteiger partial charge in [-0.1, -0.05) is 12.1 Å². The third-order valence-corrected chi connectivity index (χ3v) is 4.83. The molecule has 0 spiro atoms. The van der Waals surface area contributed by atoms with Crippen LogP contribution in [0.5, 0.6) is 5.75 Å². The number of carbonyl (C=O) groups is 1. The Labute approximate surface area is 160 Å². The fourth-order valence-corrected chi connectivity index (χ4v) is 3.45. The van der Waals surface area contributed by atoms with Crippen LogP contribution in [-0.4, -0.2) is 34.2 Å². The summed E-state index contributed by atoms with van der Waals surface area (Å²) < 4.78 is 32.5. The fourth-order valence-electron chi connectivity index (χ4n) is 3.45. The van der Waals surface area contributed by atoms with E-state index in [0.717, 1.165) is 23.4 Å². The zero-order valence-corrected chi connectivity index (χ0v) is 15.3. The average molecular weight is 383 g/mol. The van der Waals surface area contributed by atoms with Crippen molar-refractivity contribution < 1.29 is 18.3 Å². The summed E-state index contributed by atoms with van der Waals surface area (Å²) in [5.74, 6) is -1.41. The van der Waals surface area contributed by atoms with Crippen molar-refractivity contribution in [2.45, 2.75) is 19.9 Å². The Kier molecular flexibility index (Phi) is 4.81. The summed E-state index contributed by atoms with van der Waals surface area (Å²) >= 11 is 0. The van der Waals surface area contributed by atoms with Crippen LogP contribution >= 0.6 is 0 Å². The maximum absolute atomic E-state index is 13.7. The van der Waals surface area contributed by atoms with Gasteiger partial charge in [0.2, 0.25) is 0 Å². The molecule has 2 aromatic carbocycles. The van der Waals surface area contributed by atoms with Gasteiger partial charge < -0.3 is 9.64 Å². The normalized spacial score (nSPS) is 13.3.